The molecule has 0 saturated carbocycles. The van der Waals surface area contributed by atoms with Crippen molar-refractivity contribution in [3.05, 3.63) is 29.3 Å². The van der Waals surface area contributed by atoms with Gasteiger partial charge >= 0.3 is 0 Å². The molecule has 1 aromatic rings. The molecule has 1 rings (SSSR count). The average molecular weight is 274 g/mol. The fraction of sp³-hybridized carbons (Fsp3) is 0.500. The SMILES string of the molecule is CCC(CC)C(O)CNc1cc(C(C)=O)ccc1C#N. The summed E-state index contributed by atoms with van der Waals surface area (Å²) in [5.74, 6) is 0.196. The van der Waals surface area contributed by atoms with Gasteiger partial charge in [-0.25, -0.2) is 0 Å². The van der Waals surface area contributed by atoms with Gasteiger partial charge in [-0.2, -0.15) is 5.26 Å². The summed E-state index contributed by atoms with van der Waals surface area (Å²) in [6.45, 7) is 5.97. The van der Waals surface area contributed by atoms with Crippen LogP contribution < -0.4 is 5.32 Å². The van der Waals surface area contributed by atoms with Gasteiger partial charge in [-0.1, -0.05) is 26.7 Å². The van der Waals surface area contributed by atoms with E-state index in [1.165, 1.54) is 6.92 Å². The second-order valence-corrected chi connectivity index (χ2v) is 4.95. The summed E-state index contributed by atoms with van der Waals surface area (Å²) >= 11 is 0. The van der Waals surface area contributed by atoms with E-state index in [4.69, 9.17) is 5.26 Å². The molecule has 20 heavy (non-hydrogen) atoms. The van der Waals surface area contributed by atoms with E-state index in [0.717, 1.165) is 12.8 Å². The standard InChI is InChI=1S/C16H22N2O2/c1-4-12(5-2)16(20)10-18-15-8-13(11(3)19)6-7-14(15)9-17/h6-8,12,16,18,20H,4-5,10H2,1-3H3. The van der Waals surface area contributed by atoms with Gasteiger partial charge in [0.1, 0.15) is 6.07 Å². The Morgan fingerprint density at radius 3 is 2.55 bits per heavy atom. The summed E-state index contributed by atoms with van der Waals surface area (Å²) in [6, 6.07) is 7.02. The minimum atomic E-state index is -0.461. The molecule has 4 nitrogen and oxygen atoms in total. The molecule has 0 aliphatic carbocycles. The Kier molecular flexibility index (Phi) is 6.20. The number of Topliss-reactive ketones (excluding diaryl/α,β-unsaturated/α-hetero) is 1. The van der Waals surface area contributed by atoms with E-state index < -0.39 is 6.10 Å². The lowest BCUT2D eigenvalue weighted by Gasteiger charge is -2.21. The Balaban J connectivity index is 2.83. The highest BCUT2D eigenvalue weighted by atomic mass is 16.3. The Morgan fingerprint density at radius 1 is 1.40 bits per heavy atom. The zero-order valence-corrected chi connectivity index (χ0v) is 12.3. The van der Waals surface area contributed by atoms with E-state index in [9.17, 15) is 9.90 Å². The molecular weight excluding hydrogens is 252 g/mol. The number of hydrogen-bond donors (Lipinski definition) is 2. The summed E-state index contributed by atoms with van der Waals surface area (Å²) in [5, 5.41) is 22.3. The lowest BCUT2D eigenvalue weighted by atomic mass is 9.96. The first-order valence-corrected chi connectivity index (χ1v) is 7.00. The maximum Gasteiger partial charge on any atom is 0.159 e. The predicted octanol–water partition coefficient (Wildman–Crippen LogP) is 2.97. The smallest absolute Gasteiger partial charge is 0.159 e. The number of nitrogens with zero attached hydrogens (tertiary/aromatic N) is 1. The van der Waals surface area contributed by atoms with Crippen LogP contribution in [0.4, 0.5) is 5.69 Å². The first kappa shape index (κ1) is 16.2. The van der Waals surface area contributed by atoms with Crippen molar-refractivity contribution in [3.8, 4) is 6.07 Å². The highest BCUT2D eigenvalue weighted by Crippen LogP contribution is 2.19. The van der Waals surface area contributed by atoms with Gasteiger partial charge in [-0.3, -0.25) is 4.79 Å². The number of rotatable bonds is 7. The van der Waals surface area contributed by atoms with Crippen LogP contribution in [-0.2, 0) is 0 Å². The lowest BCUT2D eigenvalue weighted by Crippen LogP contribution is -2.28. The Hall–Kier alpha value is -1.86. The van der Waals surface area contributed by atoms with Crippen molar-refractivity contribution in [2.45, 2.75) is 39.7 Å². The Bertz CT molecular complexity index is 502. The molecule has 0 radical (unpaired) electrons. The number of aliphatic hydroxyl groups is 1. The molecule has 0 aromatic heterocycles. The molecule has 0 bridgehead atoms. The maximum absolute atomic E-state index is 11.4. The van der Waals surface area contributed by atoms with Crippen molar-refractivity contribution >= 4 is 11.5 Å². The number of carbonyl (C=O) groups excluding carboxylic acids is 1. The zero-order chi connectivity index (χ0) is 15.1. The number of hydrogen-bond acceptors (Lipinski definition) is 4. The van der Waals surface area contributed by atoms with Crippen LogP contribution >= 0.6 is 0 Å². The van der Waals surface area contributed by atoms with Crippen molar-refractivity contribution in [3.63, 3.8) is 0 Å². The Morgan fingerprint density at radius 2 is 2.05 bits per heavy atom. The van der Waals surface area contributed by atoms with Crippen LogP contribution in [0.3, 0.4) is 0 Å². The van der Waals surface area contributed by atoms with Crippen LogP contribution in [0.25, 0.3) is 0 Å². The van der Waals surface area contributed by atoms with E-state index in [2.05, 4.69) is 25.2 Å². The number of anilines is 1. The van der Waals surface area contributed by atoms with Crippen molar-refractivity contribution in [2.75, 3.05) is 11.9 Å². The maximum atomic E-state index is 11.4. The van der Waals surface area contributed by atoms with Crippen LogP contribution in [0.15, 0.2) is 18.2 Å². The molecular formula is C16H22N2O2. The quantitative estimate of drug-likeness (QED) is 0.750. The van der Waals surface area contributed by atoms with Crippen molar-refractivity contribution in [1.29, 1.82) is 5.26 Å². The number of nitrogens with one attached hydrogen (secondary N) is 1. The molecule has 1 unspecified atom stereocenters. The summed E-state index contributed by atoms with van der Waals surface area (Å²) < 4.78 is 0. The molecule has 108 valence electrons. The van der Waals surface area contributed by atoms with Crippen molar-refractivity contribution in [1.82, 2.24) is 0 Å². The van der Waals surface area contributed by atoms with Gasteiger partial charge in [0.05, 0.1) is 17.4 Å². The van der Waals surface area contributed by atoms with E-state index in [0.29, 0.717) is 23.4 Å². The zero-order valence-electron chi connectivity index (χ0n) is 12.3. The fourth-order valence-electron chi connectivity index (χ4n) is 2.22. The molecule has 0 amide bonds. The second-order valence-electron chi connectivity index (χ2n) is 4.95. The lowest BCUT2D eigenvalue weighted by molar-refractivity contribution is 0.101. The van der Waals surface area contributed by atoms with Crippen LogP contribution in [0.2, 0.25) is 0 Å². The first-order chi connectivity index (χ1) is 9.53. The third kappa shape index (κ3) is 4.07. The molecule has 1 atom stereocenters. The van der Waals surface area contributed by atoms with Gasteiger partial charge < -0.3 is 10.4 Å². The van der Waals surface area contributed by atoms with Gasteiger partial charge in [-0.05, 0) is 31.0 Å². The largest absolute Gasteiger partial charge is 0.391 e. The first-order valence-electron chi connectivity index (χ1n) is 7.00. The van der Waals surface area contributed by atoms with Crippen molar-refractivity contribution < 1.29 is 9.90 Å². The van der Waals surface area contributed by atoms with Crippen LogP contribution in [-0.4, -0.2) is 23.5 Å². The minimum absolute atomic E-state index is 0.0434. The molecule has 0 saturated heterocycles. The highest BCUT2D eigenvalue weighted by molar-refractivity contribution is 5.95. The molecule has 0 aliphatic rings. The van der Waals surface area contributed by atoms with Crippen LogP contribution in [0.1, 0.15) is 49.5 Å². The van der Waals surface area contributed by atoms with Crippen LogP contribution in [0, 0.1) is 17.2 Å². The number of aliphatic hydroxyl groups excluding tert-OH is 1. The van der Waals surface area contributed by atoms with E-state index in [1.54, 1.807) is 18.2 Å². The highest BCUT2D eigenvalue weighted by Gasteiger charge is 2.16. The molecule has 1 aromatic carbocycles. The Labute approximate surface area is 120 Å². The van der Waals surface area contributed by atoms with Gasteiger partial charge in [0.25, 0.3) is 0 Å². The van der Waals surface area contributed by atoms with Gasteiger partial charge in [-0.15, -0.1) is 0 Å². The van der Waals surface area contributed by atoms with Gasteiger partial charge in [0.2, 0.25) is 0 Å². The third-order valence-corrected chi connectivity index (χ3v) is 3.64. The molecule has 2 N–H and O–H groups in total. The third-order valence-electron chi connectivity index (χ3n) is 3.64. The minimum Gasteiger partial charge on any atom is -0.391 e. The molecule has 4 heteroatoms. The molecule has 0 fully saturated rings. The van der Waals surface area contributed by atoms with E-state index in [-0.39, 0.29) is 11.7 Å². The average Bonchev–Trinajstić information content (AvgIpc) is 2.45. The number of benzene rings is 1. The summed E-state index contributed by atoms with van der Waals surface area (Å²) in [4.78, 5) is 11.4. The predicted molar refractivity (Wildman–Crippen MR) is 79.7 cm³/mol. The normalized spacial score (nSPS) is 12.0. The second kappa shape index (κ2) is 7.66. The van der Waals surface area contributed by atoms with Gasteiger partial charge in [0.15, 0.2) is 5.78 Å². The van der Waals surface area contributed by atoms with Crippen molar-refractivity contribution in [2.24, 2.45) is 5.92 Å². The number of nitriles is 1. The summed E-state index contributed by atoms with van der Waals surface area (Å²) in [5.41, 5.74) is 1.64. The topological polar surface area (TPSA) is 73.1 Å². The fourth-order valence-corrected chi connectivity index (χ4v) is 2.22. The monoisotopic (exact) mass is 274 g/mol. The van der Waals surface area contributed by atoms with E-state index in [1.807, 2.05) is 0 Å². The molecule has 0 heterocycles. The number of carbonyl (C=O) groups is 1. The summed E-state index contributed by atoms with van der Waals surface area (Å²) in [7, 11) is 0. The van der Waals surface area contributed by atoms with Crippen LogP contribution in [0.5, 0.6) is 0 Å². The molecule has 0 aliphatic heterocycles. The van der Waals surface area contributed by atoms with E-state index >= 15 is 0 Å². The molecule has 0 spiro atoms. The van der Waals surface area contributed by atoms with Gasteiger partial charge in [0, 0.05) is 12.1 Å². The number of ketones is 1. The summed E-state index contributed by atoms with van der Waals surface area (Å²) in [6.07, 6.45) is 1.37.